The Hall–Kier alpha value is -4.22. The van der Waals surface area contributed by atoms with Crippen molar-refractivity contribution in [1.29, 1.82) is 0 Å². The molecule has 11 heteroatoms. The number of piperidine rings is 1. The first kappa shape index (κ1) is 30.3. The monoisotopic (exact) mass is 555 g/mol. The number of carboxylic acids is 3. The molecule has 3 aromatic rings. The molecule has 40 heavy (non-hydrogen) atoms. The highest BCUT2D eigenvalue weighted by Gasteiger charge is 2.40. The smallest absolute Gasteiger partial charge is 0.336 e. The first-order chi connectivity index (χ1) is 18.9. The van der Waals surface area contributed by atoms with Crippen LogP contribution < -0.4 is 0 Å². The highest BCUT2D eigenvalue weighted by Crippen LogP contribution is 2.29. The number of hydrogen-bond donors (Lipinski definition) is 4. The predicted octanol–water partition coefficient (Wildman–Crippen LogP) is 3.62. The van der Waals surface area contributed by atoms with Crippen molar-refractivity contribution >= 4 is 34.8 Å². The van der Waals surface area contributed by atoms with Gasteiger partial charge in [0.05, 0.1) is 25.6 Å². The maximum absolute atomic E-state index is 13.0. The number of fused-ring (bicyclic) bond motifs is 1. The van der Waals surface area contributed by atoms with E-state index in [9.17, 15) is 19.2 Å². The zero-order valence-corrected chi connectivity index (χ0v) is 22.3. The van der Waals surface area contributed by atoms with Gasteiger partial charge < -0.3 is 34.5 Å². The Labute approximate surface area is 230 Å². The molecule has 4 N–H and O–H groups in total. The molecule has 2 aromatic carbocycles. The lowest BCUT2D eigenvalue weighted by Gasteiger charge is -2.31. The summed E-state index contributed by atoms with van der Waals surface area (Å²) in [4.78, 5) is 45.4. The molecule has 214 valence electrons. The second kappa shape index (κ2) is 13.2. The number of hydrogen-bond acceptors (Lipinski definition) is 7. The number of furan rings is 1. The van der Waals surface area contributed by atoms with Crippen molar-refractivity contribution in [2.75, 3.05) is 13.1 Å². The maximum Gasteiger partial charge on any atom is 0.336 e. The minimum atomic E-state index is -2.74. The molecule has 1 aliphatic rings. The summed E-state index contributed by atoms with van der Waals surface area (Å²) in [7, 11) is 0. The van der Waals surface area contributed by atoms with Crippen molar-refractivity contribution < 1.29 is 48.8 Å². The van der Waals surface area contributed by atoms with Crippen molar-refractivity contribution in [3.8, 4) is 0 Å². The Bertz CT molecular complexity index is 1340. The summed E-state index contributed by atoms with van der Waals surface area (Å²) in [5.74, 6) is -4.55. The van der Waals surface area contributed by atoms with Crippen LogP contribution in [0.25, 0.3) is 11.0 Å². The van der Waals surface area contributed by atoms with Crippen LogP contribution in [0.4, 0.5) is 0 Å². The molecule has 0 atom stereocenters. The molecular formula is C29H33NO10. The van der Waals surface area contributed by atoms with Crippen LogP contribution >= 0.6 is 0 Å². The average molecular weight is 556 g/mol. The van der Waals surface area contributed by atoms with Crippen LogP contribution in [-0.4, -0.2) is 73.9 Å². The van der Waals surface area contributed by atoms with E-state index in [0.717, 1.165) is 34.9 Å². The molecule has 0 saturated carbocycles. The highest BCUT2D eigenvalue weighted by atomic mass is 16.5. The molecule has 1 saturated heterocycles. The third-order valence-electron chi connectivity index (χ3n) is 6.70. The molecule has 1 amide bonds. The van der Waals surface area contributed by atoms with Gasteiger partial charge in [0.1, 0.15) is 5.58 Å². The number of likely N-dealkylation sites (tertiary alicyclic amines) is 1. The predicted molar refractivity (Wildman–Crippen MR) is 143 cm³/mol. The van der Waals surface area contributed by atoms with E-state index < -0.39 is 36.4 Å². The number of para-hydroxylation sites is 1. The number of ether oxygens (including phenoxy) is 1. The lowest BCUT2D eigenvalue weighted by Crippen LogP contribution is -2.42. The molecule has 2 heterocycles. The average Bonchev–Trinajstić information content (AvgIpc) is 3.25. The van der Waals surface area contributed by atoms with Crippen LogP contribution in [0.15, 0.2) is 52.9 Å². The third kappa shape index (κ3) is 7.67. The van der Waals surface area contributed by atoms with Gasteiger partial charge in [-0.2, -0.15) is 0 Å². The van der Waals surface area contributed by atoms with Crippen molar-refractivity contribution in [3.63, 3.8) is 0 Å². The SMILES string of the molecule is Cc1c(C(=O)N2CCC(OCc3ccccc3)CC2)oc2c(C)cccc12.O=C(O)CC(O)(CC(=O)O)C(=O)O. The van der Waals surface area contributed by atoms with Gasteiger partial charge in [0.2, 0.25) is 0 Å². The lowest BCUT2D eigenvalue weighted by molar-refractivity contribution is -0.170. The molecule has 4 rings (SSSR count). The van der Waals surface area contributed by atoms with Crippen LogP contribution in [0.2, 0.25) is 0 Å². The Morgan fingerprint density at radius 1 is 0.925 bits per heavy atom. The van der Waals surface area contributed by atoms with Gasteiger partial charge >= 0.3 is 17.9 Å². The van der Waals surface area contributed by atoms with E-state index in [-0.39, 0.29) is 12.0 Å². The van der Waals surface area contributed by atoms with Crippen LogP contribution in [0.3, 0.4) is 0 Å². The second-order valence-electron chi connectivity index (χ2n) is 9.77. The lowest BCUT2D eigenvalue weighted by atomic mass is 9.96. The summed E-state index contributed by atoms with van der Waals surface area (Å²) in [5, 5.41) is 34.8. The minimum Gasteiger partial charge on any atom is -0.481 e. The van der Waals surface area contributed by atoms with Crippen molar-refractivity contribution in [2.24, 2.45) is 0 Å². The molecule has 1 aromatic heterocycles. The molecule has 1 aliphatic heterocycles. The summed E-state index contributed by atoms with van der Waals surface area (Å²) in [6.45, 7) is 6.01. The highest BCUT2D eigenvalue weighted by molar-refractivity contribution is 5.99. The Morgan fingerprint density at radius 2 is 1.52 bits per heavy atom. The van der Waals surface area contributed by atoms with Gasteiger partial charge in [-0.15, -0.1) is 0 Å². The van der Waals surface area contributed by atoms with E-state index in [1.807, 2.05) is 55.1 Å². The van der Waals surface area contributed by atoms with Gasteiger partial charge in [0, 0.05) is 24.0 Å². The molecule has 11 nitrogen and oxygen atoms in total. The topological polar surface area (TPSA) is 175 Å². The van der Waals surface area contributed by atoms with Crippen LogP contribution in [0, 0.1) is 13.8 Å². The summed E-state index contributed by atoms with van der Waals surface area (Å²) < 4.78 is 12.0. The van der Waals surface area contributed by atoms with E-state index in [4.69, 9.17) is 29.6 Å². The van der Waals surface area contributed by atoms with Crippen molar-refractivity contribution in [1.82, 2.24) is 4.90 Å². The number of aliphatic carboxylic acids is 3. The van der Waals surface area contributed by atoms with Crippen LogP contribution in [0.1, 0.15) is 52.9 Å². The number of rotatable bonds is 9. The largest absolute Gasteiger partial charge is 0.481 e. The Morgan fingerprint density at radius 3 is 2.05 bits per heavy atom. The van der Waals surface area contributed by atoms with Gasteiger partial charge in [-0.25, -0.2) is 4.79 Å². The number of aliphatic hydroxyl groups is 1. The van der Waals surface area contributed by atoms with Gasteiger partial charge in [0.15, 0.2) is 11.4 Å². The van der Waals surface area contributed by atoms with Gasteiger partial charge in [-0.1, -0.05) is 48.5 Å². The molecule has 0 spiro atoms. The van der Waals surface area contributed by atoms with Gasteiger partial charge in [-0.05, 0) is 37.8 Å². The van der Waals surface area contributed by atoms with Crippen LogP contribution in [0.5, 0.6) is 0 Å². The Balaban J connectivity index is 0.000000289. The standard InChI is InChI=1S/C23H25NO3.C6H8O7/c1-16-7-6-10-20-17(2)22(27-21(16)20)23(25)24-13-11-19(12-14-24)26-15-18-8-4-3-5-9-18;7-3(8)1-6(13,5(11)12)2-4(9)10/h3-10,19H,11-15H2,1-2H3;13H,1-2H2,(H,7,8)(H,9,10)(H,11,12). The number of carboxylic acid groups (broad SMARTS) is 3. The zero-order chi connectivity index (χ0) is 29.4. The quantitative estimate of drug-likeness (QED) is 0.305. The first-order valence-electron chi connectivity index (χ1n) is 12.7. The van der Waals surface area contributed by atoms with Gasteiger partial charge in [0.25, 0.3) is 5.91 Å². The summed E-state index contributed by atoms with van der Waals surface area (Å²) in [6.07, 6.45) is -0.370. The minimum absolute atomic E-state index is 0.00962. The van der Waals surface area contributed by atoms with Crippen LogP contribution in [-0.2, 0) is 25.7 Å². The fourth-order valence-corrected chi connectivity index (χ4v) is 4.46. The molecule has 0 radical (unpaired) electrons. The molecule has 1 fully saturated rings. The van der Waals surface area contributed by atoms with E-state index in [0.29, 0.717) is 25.5 Å². The summed E-state index contributed by atoms with van der Waals surface area (Å²) in [6, 6.07) is 16.2. The summed E-state index contributed by atoms with van der Waals surface area (Å²) in [5.41, 5.74) is 1.25. The summed E-state index contributed by atoms with van der Waals surface area (Å²) >= 11 is 0. The fraction of sp³-hybridized carbons (Fsp3) is 0.379. The van der Waals surface area contributed by atoms with E-state index >= 15 is 0 Å². The maximum atomic E-state index is 13.0. The number of carbonyl (C=O) groups excluding carboxylic acids is 1. The second-order valence-corrected chi connectivity index (χ2v) is 9.77. The molecular weight excluding hydrogens is 522 g/mol. The Kier molecular flexibility index (Phi) is 10.0. The van der Waals surface area contributed by atoms with Crippen molar-refractivity contribution in [2.45, 2.75) is 57.8 Å². The zero-order valence-electron chi connectivity index (χ0n) is 22.3. The van der Waals surface area contributed by atoms with E-state index in [1.165, 1.54) is 5.56 Å². The molecule has 0 unspecified atom stereocenters. The number of amides is 1. The first-order valence-corrected chi connectivity index (χ1v) is 12.7. The number of aryl methyl sites for hydroxylation is 2. The third-order valence-corrected chi connectivity index (χ3v) is 6.70. The molecule has 0 aliphatic carbocycles. The normalized spacial score (nSPS) is 13.9. The number of benzene rings is 2. The van der Waals surface area contributed by atoms with Gasteiger partial charge in [-0.3, -0.25) is 14.4 Å². The van der Waals surface area contributed by atoms with E-state index in [1.54, 1.807) is 0 Å². The number of nitrogens with zero attached hydrogens (tertiary/aromatic N) is 1. The van der Waals surface area contributed by atoms with E-state index in [2.05, 4.69) is 12.1 Å². The number of carbonyl (C=O) groups is 4. The molecule has 0 bridgehead atoms. The van der Waals surface area contributed by atoms with Crippen molar-refractivity contribution in [3.05, 3.63) is 71.0 Å². The fourth-order valence-electron chi connectivity index (χ4n) is 4.46.